The second kappa shape index (κ2) is 14.0. The maximum atomic E-state index is 5.70. The van der Waals surface area contributed by atoms with E-state index in [1.807, 2.05) is 45.0 Å². The Morgan fingerprint density at radius 1 is 1.00 bits per heavy atom. The Morgan fingerprint density at radius 3 is 2.45 bits per heavy atom. The molecule has 0 aliphatic heterocycles. The average Bonchev–Trinajstić information content (AvgIpc) is 2.68. The molecule has 2 aromatic rings. The molecule has 0 spiro atoms. The van der Waals surface area contributed by atoms with Gasteiger partial charge in [-0.1, -0.05) is 12.1 Å². The van der Waals surface area contributed by atoms with E-state index in [0.717, 1.165) is 48.4 Å². The van der Waals surface area contributed by atoms with Gasteiger partial charge in [-0.05, 0) is 63.9 Å². The molecular weight excluding hydrogens is 479 g/mol. The van der Waals surface area contributed by atoms with E-state index in [-0.39, 0.29) is 24.0 Å². The predicted octanol–water partition coefficient (Wildman–Crippen LogP) is 4.10. The third-order valence-corrected chi connectivity index (χ3v) is 4.00. The van der Waals surface area contributed by atoms with Crippen molar-refractivity contribution in [2.45, 2.75) is 40.7 Å². The number of benzene rings is 1. The van der Waals surface area contributed by atoms with Gasteiger partial charge in [-0.15, -0.1) is 24.0 Å². The molecule has 0 aliphatic carbocycles. The number of hydrogen-bond acceptors (Lipinski definition) is 4. The summed E-state index contributed by atoms with van der Waals surface area (Å²) in [5.41, 5.74) is 3.16. The van der Waals surface area contributed by atoms with Crippen molar-refractivity contribution in [1.82, 2.24) is 15.6 Å². The Labute approximate surface area is 191 Å². The second-order valence-electron chi connectivity index (χ2n) is 6.29. The third-order valence-electron chi connectivity index (χ3n) is 4.00. The SMILES string of the molecule is CCNC(=NCc1cccc(C)n1)NCCc1ccc(OCC)c(OCC)c1.I. The highest BCUT2D eigenvalue weighted by molar-refractivity contribution is 14.0. The van der Waals surface area contributed by atoms with Crippen LogP contribution in [0, 0.1) is 6.92 Å². The fraction of sp³-hybridized carbons (Fsp3) is 0.455. The zero-order valence-corrected chi connectivity index (χ0v) is 20.2. The maximum absolute atomic E-state index is 5.70. The molecule has 0 unspecified atom stereocenters. The summed E-state index contributed by atoms with van der Waals surface area (Å²) in [6, 6.07) is 12.1. The minimum Gasteiger partial charge on any atom is -0.490 e. The van der Waals surface area contributed by atoms with Gasteiger partial charge >= 0.3 is 0 Å². The lowest BCUT2D eigenvalue weighted by molar-refractivity contribution is 0.287. The van der Waals surface area contributed by atoms with Gasteiger partial charge in [-0.25, -0.2) is 4.99 Å². The number of nitrogens with zero attached hydrogens (tertiary/aromatic N) is 2. The molecule has 0 fully saturated rings. The summed E-state index contributed by atoms with van der Waals surface area (Å²) in [4.78, 5) is 9.12. The van der Waals surface area contributed by atoms with Crippen molar-refractivity contribution in [3.8, 4) is 11.5 Å². The number of aromatic nitrogens is 1. The number of halogens is 1. The van der Waals surface area contributed by atoms with Gasteiger partial charge in [0.15, 0.2) is 17.5 Å². The van der Waals surface area contributed by atoms with Crippen LogP contribution < -0.4 is 20.1 Å². The first-order valence-electron chi connectivity index (χ1n) is 9.99. The van der Waals surface area contributed by atoms with Crippen molar-refractivity contribution in [1.29, 1.82) is 0 Å². The normalized spacial score (nSPS) is 10.8. The summed E-state index contributed by atoms with van der Waals surface area (Å²) < 4.78 is 11.3. The Kier molecular flexibility index (Phi) is 12.1. The first kappa shape index (κ1) is 25.0. The zero-order valence-electron chi connectivity index (χ0n) is 17.8. The van der Waals surface area contributed by atoms with Crippen LogP contribution in [0.4, 0.5) is 0 Å². The van der Waals surface area contributed by atoms with Gasteiger partial charge in [0.1, 0.15) is 0 Å². The number of guanidine groups is 1. The number of nitrogens with one attached hydrogen (secondary N) is 2. The molecule has 1 aromatic carbocycles. The largest absolute Gasteiger partial charge is 0.490 e. The van der Waals surface area contributed by atoms with Crippen LogP contribution in [0.1, 0.15) is 37.7 Å². The quantitative estimate of drug-likeness (QED) is 0.285. The Morgan fingerprint density at radius 2 is 1.76 bits per heavy atom. The zero-order chi connectivity index (χ0) is 20.2. The fourth-order valence-corrected chi connectivity index (χ4v) is 2.77. The Hall–Kier alpha value is -2.03. The van der Waals surface area contributed by atoms with Crippen LogP contribution in [-0.4, -0.2) is 37.2 Å². The van der Waals surface area contributed by atoms with Crippen LogP contribution in [-0.2, 0) is 13.0 Å². The molecule has 1 aromatic heterocycles. The fourth-order valence-electron chi connectivity index (χ4n) is 2.77. The molecule has 0 bridgehead atoms. The van der Waals surface area contributed by atoms with Crippen LogP contribution in [0.25, 0.3) is 0 Å². The van der Waals surface area contributed by atoms with E-state index in [1.54, 1.807) is 0 Å². The predicted molar refractivity (Wildman–Crippen MR) is 130 cm³/mol. The van der Waals surface area contributed by atoms with Crippen molar-refractivity contribution in [3.05, 3.63) is 53.3 Å². The highest BCUT2D eigenvalue weighted by Gasteiger charge is 2.06. The van der Waals surface area contributed by atoms with Crippen LogP contribution >= 0.6 is 24.0 Å². The molecule has 29 heavy (non-hydrogen) atoms. The number of aliphatic imine (C=N–C) groups is 1. The number of pyridine rings is 1. The van der Waals surface area contributed by atoms with Gasteiger partial charge in [-0.3, -0.25) is 4.98 Å². The lowest BCUT2D eigenvalue weighted by Gasteiger charge is -2.14. The van der Waals surface area contributed by atoms with E-state index in [9.17, 15) is 0 Å². The van der Waals surface area contributed by atoms with Gasteiger partial charge in [-0.2, -0.15) is 0 Å². The Bertz CT molecular complexity index is 768. The standard InChI is InChI=1S/C22H32N4O2.HI/c1-5-23-22(25-16-19-10-8-9-17(4)26-19)24-14-13-18-11-12-20(27-6-2)21(15-18)28-7-3;/h8-12,15H,5-7,13-14,16H2,1-4H3,(H2,23,24,25);1H. The average molecular weight is 512 g/mol. The van der Waals surface area contributed by atoms with E-state index in [1.165, 1.54) is 5.56 Å². The highest BCUT2D eigenvalue weighted by atomic mass is 127. The molecule has 1 heterocycles. The van der Waals surface area contributed by atoms with Crippen LogP contribution in [0.15, 0.2) is 41.4 Å². The van der Waals surface area contributed by atoms with Crippen molar-refractivity contribution < 1.29 is 9.47 Å². The summed E-state index contributed by atoms with van der Waals surface area (Å²) in [6.45, 7) is 11.4. The summed E-state index contributed by atoms with van der Waals surface area (Å²) in [5, 5.41) is 6.66. The lowest BCUT2D eigenvalue weighted by Crippen LogP contribution is -2.38. The molecule has 2 N–H and O–H groups in total. The molecule has 7 heteroatoms. The summed E-state index contributed by atoms with van der Waals surface area (Å²) in [5.74, 6) is 2.39. The van der Waals surface area contributed by atoms with E-state index in [2.05, 4.69) is 39.7 Å². The topological polar surface area (TPSA) is 67.8 Å². The van der Waals surface area contributed by atoms with Gasteiger partial charge in [0.25, 0.3) is 0 Å². The van der Waals surface area contributed by atoms with Crippen molar-refractivity contribution in [3.63, 3.8) is 0 Å². The van der Waals surface area contributed by atoms with Crippen LogP contribution in [0.2, 0.25) is 0 Å². The number of ether oxygens (including phenoxy) is 2. The van der Waals surface area contributed by atoms with Crippen molar-refractivity contribution in [2.24, 2.45) is 4.99 Å². The summed E-state index contributed by atoms with van der Waals surface area (Å²) in [6.07, 6.45) is 0.861. The molecule has 0 radical (unpaired) electrons. The lowest BCUT2D eigenvalue weighted by atomic mass is 10.1. The molecule has 0 atom stereocenters. The van der Waals surface area contributed by atoms with Crippen LogP contribution in [0.5, 0.6) is 11.5 Å². The van der Waals surface area contributed by atoms with Crippen molar-refractivity contribution >= 4 is 29.9 Å². The van der Waals surface area contributed by atoms with Gasteiger partial charge in [0.05, 0.1) is 25.5 Å². The molecular formula is C22H33IN4O2. The Balaban J connectivity index is 0.00000420. The maximum Gasteiger partial charge on any atom is 0.191 e. The molecule has 0 amide bonds. The van der Waals surface area contributed by atoms with Crippen molar-refractivity contribution in [2.75, 3.05) is 26.3 Å². The van der Waals surface area contributed by atoms with E-state index in [0.29, 0.717) is 19.8 Å². The van der Waals surface area contributed by atoms with E-state index < -0.39 is 0 Å². The minimum absolute atomic E-state index is 0. The molecule has 0 aliphatic rings. The number of aryl methyl sites for hydroxylation is 1. The molecule has 2 rings (SSSR count). The molecule has 6 nitrogen and oxygen atoms in total. The second-order valence-corrected chi connectivity index (χ2v) is 6.29. The van der Waals surface area contributed by atoms with Gasteiger partial charge in [0.2, 0.25) is 0 Å². The van der Waals surface area contributed by atoms with Crippen LogP contribution in [0.3, 0.4) is 0 Å². The molecule has 0 saturated carbocycles. The first-order chi connectivity index (χ1) is 13.7. The smallest absolute Gasteiger partial charge is 0.191 e. The minimum atomic E-state index is 0. The third kappa shape index (κ3) is 8.89. The highest BCUT2D eigenvalue weighted by Crippen LogP contribution is 2.28. The van der Waals surface area contributed by atoms with Gasteiger partial charge < -0.3 is 20.1 Å². The summed E-state index contributed by atoms with van der Waals surface area (Å²) >= 11 is 0. The van der Waals surface area contributed by atoms with E-state index in [4.69, 9.17) is 9.47 Å². The number of hydrogen-bond donors (Lipinski definition) is 2. The molecule has 0 saturated heterocycles. The molecule has 160 valence electrons. The van der Waals surface area contributed by atoms with E-state index >= 15 is 0 Å². The number of rotatable bonds is 10. The van der Waals surface area contributed by atoms with Gasteiger partial charge in [0, 0.05) is 18.8 Å². The monoisotopic (exact) mass is 512 g/mol. The summed E-state index contributed by atoms with van der Waals surface area (Å²) in [7, 11) is 0. The first-order valence-corrected chi connectivity index (χ1v) is 9.99.